The minimum Gasteiger partial charge on any atom is -0.491 e. The minimum atomic E-state index is -0.677. The summed E-state index contributed by atoms with van der Waals surface area (Å²) in [5.74, 6) is -0.653. The van der Waals surface area contributed by atoms with Crippen molar-refractivity contribution >= 4 is 23.4 Å². The Labute approximate surface area is 128 Å². The van der Waals surface area contributed by atoms with Gasteiger partial charge in [-0.2, -0.15) is 0 Å². The summed E-state index contributed by atoms with van der Waals surface area (Å²) in [5.41, 5.74) is 6.14. The summed E-state index contributed by atoms with van der Waals surface area (Å²) in [6, 6.07) is 4.83. The zero-order chi connectivity index (χ0) is 15.2. The van der Waals surface area contributed by atoms with Gasteiger partial charge in [0, 0.05) is 17.1 Å². The van der Waals surface area contributed by atoms with Crippen molar-refractivity contribution in [1.82, 2.24) is 10.6 Å². The molecule has 1 heterocycles. The van der Waals surface area contributed by atoms with Crippen molar-refractivity contribution in [1.29, 1.82) is 0 Å². The number of rotatable bonds is 5. The number of ether oxygens (including phenoxy) is 1. The van der Waals surface area contributed by atoms with Gasteiger partial charge in [-0.1, -0.05) is 11.6 Å². The third kappa shape index (κ3) is 4.09. The fourth-order valence-electron chi connectivity index (χ4n) is 2.08. The quantitative estimate of drug-likeness (QED) is 0.552. The summed E-state index contributed by atoms with van der Waals surface area (Å²) in [7, 11) is 0. The van der Waals surface area contributed by atoms with E-state index in [1.54, 1.807) is 18.2 Å². The monoisotopic (exact) mass is 311 g/mol. The maximum Gasteiger partial charge on any atom is 0.309 e. The number of nitrogens with one attached hydrogen (secondary N) is 2. The van der Waals surface area contributed by atoms with Gasteiger partial charge in [-0.25, -0.2) is 0 Å². The Balaban J connectivity index is 1.87. The first-order valence-electron chi connectivity index (χ1n) is 6.83. The molecule has 4 N–H and O–H groups in total. The summed E-state index contributed by atoms with van der Waals surface area (Å²) in [4.78, 5) is 23.5. The van der Waals surface area contributed by atoms with Crippen molar-refractivity contribution in [3.63, 3.8) is 0 Å². The van der Waals surface area contributed by atoms with Gasteiger partial charge in [0.2, 0.25) is 0 Å². The van der Waals surface area contributed by atoms with Gasteiger partial charge in [0.15, 0.2) is 0 Å². The predicted molar refractivity (Wildman–Crippen MR) is 79.1 cm³/mol. The molecule has 7 heteroatoms. The molecule has 1 aliphatic rings. The van der Waals surface area contributed by atoms with Crippen LogP contribution in [-0.2, 0) is 9.59 Å². The molecule has 0 aromatic heterocycles. The van der Waals surface area contributed by atoms with Crippen molar-refractivity contribution in [2.75, 3.05) is 19.7 Å². The van der Waals surface area contributed by atoms with Gasteiger partial charge in [-0.05, 0) is 37.6 Å². The highest BCUT2D eigenvalue weighted by atomic mass is 35.5. The van der Waals surface area contributed by atoms with Gasteiger partial charge >= 0.3 is 11.8 Å². The van der Waals surface area contributed by atoms with E-state index in [9.17, 15) is 9.59 Å². The van der Waals surface area contributed by atoms with Crippen LogP contribution >= 0.6 is 11.6 Å². The average Bonchev–Trinajstić information content (AvgIpc) is 2.85. The molecule has 0 fully saturated rings. The lowest BCUT2D eigenvalue weighted by Gasteiger charge is -2.11. The number of fused-ring (bicyclic) bond motifs is 1. The van der Waals surface area contributed by atoms with Gasteiger partial charge in [0.05, 0.1) is 6.04 Å². The van der Waals surface area contributed by atoms with E-state index in [2.05, 4.69) is 10.6 Å². The van der Waals surface area contributed by atoms with E-state index in [1.807, 2.05) is 0 Å². The Hall–Kier alpha value is -1.79. The van der Waals surface area contributed by atoms with Crippen LogP contribution in [0.25, 0.3) is 0 Å². The van der Waals surface area contributed by atoms with Crippen molar-refractivity contribution in [3.8, 4) is 5.75 Å². The Morgan fingerprint density at radius 2 is 2.14 bits per heavy atom. The molecule has 1 aromatic rings. The topological polar surface area (TPSA) is 93.5 Å². The Morgan fingerprint density at radius 1 is 1.33 bits per heavy atom. The zero-order valence-electron chi connectivity index (χ0n) is 11.5. The second-order valence-electron chi connectivity index (χ2n) is 4.77. The molecule has 1 atom stereocenters. The molecule has 2 rings (SSSR count). The lowest BCUT2D eigenvalue weighted by molar-refractivity contribution is -0.139. The number of benzene rings is 1. The predicted octanol–water partition coefficient (Wildman–Crippen LogP) is 0.745. The maximum absolute atomic E-state index is 11.8. The normalized spacial score (nSPS) is 16.0. The zero-order valence-corrected chi connectivity index (χ0v) is 12.3. The largest absolute Gasteiger partial charge is 0.491 e. The molecule has 0 saturated carbocycles. The van der Waals surface area contributed by atoms with Crippen LogP contribution in [0.3, 0.4) is 0 Å². The molecule has 0 saturated heterocycles. The van der Waals surface area contributed by atoms with E-state index >= 15 is 0 Å². The average molecular weight is 312 g/mol. The van der Waals surface area contributed by atoms with Crippen LogP contribution in [0.5, 0.6) is 5.75 Å². The lowest BCUT2D eigenvalue weighted by atomic mass is 10.1. The standard InChI is InChI=1S/C14H18ClN3O3/c15-9-3-4-12-10(7-9)11(8-21-12)18-14(20)13(19)17-6-2-1-5-16/h3-4,7,11H,1-2,5-6,8,16H2,(H,17,19)(H,18,20). The van der Waals surface area contributed by atoms with Crippen LogP contribution < -0.4 is 21.1 Å². The SMILES string of the molecule is NCCCCNC(=O)C(=O)NC1COc2ccc(Cl)cc21. The molecular formula is C14H18ClN3O3. The maximum atomic E-state index is 11.8. The van der Waals surface area contributed by atoms with Gasteiger partial charge < -0.3 is 21.1 Å². The lowest BCUT2D eigenvalue weighted by Crippen LogP contribution is -2.42. The van der Waals surface area contributed by atoms with E-state index in [4.69, 9.17) is 22.1 Å². The molecule has 0 bridgehead atoms. The Bertz CT molecular complexity index is 536. The first-order valence-corrected chi connectivity index (χ1v) is 7.20. The fraction of sp³-hybridized carbons (Fsp3) is 0.429. The van der Waals surface area contributed by atoms with Crippen molar-refractivity contribution < 1.29 is 14.3 Å². The molecule has 0 aliphatic carbocycles. The smallest absolute Gasteiger partial charge is 0.309 e. The Morgan fingerprint density at radius 3 is 2.90 bits per heavy atom. The highest BCUT2D eigenvalue weighted by Crippen LogP contribution is 2.34. The van der Waals surface area contributed by atoms with Gasteiger partial charge in [0.1, 0.15) is 12.4 Å². The van der Waals surface area contributed by atoms with E-state index < -0.39 is 11.8 Å². The molecule has 1 unspecified atom stereocenters. The third-order valence-corrected chi connectivity index (χ3v) is 3.42. The van der Waals surface area contributed by atoms with Crippen LogP contribution in [0.4, 0.5) is 0 Å². The number of unbranched alkanes of at least 4 members (excludes halogenated alkanes) is 1. The number of hydrogen-bond donors (Lipinski definition) is 3. The van der Waals surface area contributed by atoms with Gasteiger partial charge in [-0.3, -0.25) is 9.59 Å². The van der Waals surface area contributed by atoms with E-state index in [0.29, 0.717) is 30.5 Å². The molecule has 2 amide bonds. The molecular weight excluding hydrogens is 294 g/mol. The number of carbonyl (C=O) groups excluding carboxylic acids is 2. The number of nitrogens with two attached hydrogens (primary N) is 1. The summed E-state index contributed by atoms with van der Waals surface area (Å²) in [5, 5.41) is 5.76. The van der Waals surface area contributed by atoms with Crippen molar-refractivity contribution in [2.24, 2.45) is 5.73 Å². The second kappa shape index (κ2) is 7.28. The molecule has 114 valence electrons. The number of hydrogen-bond acceptors (Lipinski definition) is 4. The fourth-order valence-corrected chi connectivity index (χ4v) is 2.26. The van der Waals surface area contributed by atoms with E-state index in [-0.39, 0.29) is 6.04 Å². The first kappa shape index (κ1) is 15.6. The summed E-state index contributed by atoms with van der Waals surface area (Å²) in [6.07, 6.45) is 1.56. The molecule has 1 aromatic carbocycles. The third-order valence-electron chi connectivity index (χ3n) is 3.18. The van der Waals surface area contributed by atoms with Gasteiger partial charge in [-0.15, -0.1) is 0 Å². The molecule has 21 heavy (non-hydrogen) atoms. The van der Waals surface area contributed by atoms with E-state index in [1.165, 1.54) is 0 Å². The summed E-state index contributed by atoms with van der Waals surface area (Å²) in [6.45, 7) is 1.30. The van der Waals surface area contributed by atoms with Crippen LogP contribution in [0.2, 0.25) is 5.02 Å². The van der Waals surface area contributed by atoms with Crippen LogP contribution in [0, 0.1) is 0 Å². The highest BCUT2D eigenvalue weighted by molar-refractivity contribution is 6.35. The van der Waals surface area contributed by atoms with Gasteiger partial charge in [0.25, 0.3) is 0 Å². The minimum absolute atomic E-state index is 0.294. The molecule has 6 nitrogen and oxygen atoms in total. The van der Waals surface area contributed by atoms with Crippen LogP contribution in [0.1, 0.15) is 24.4 Å². The van der Waals surface area contributed by atoms with Crippen molar-refractivity contribution in [2.45, 2.75) is 18.9 Å². The summed E-state index contributed by atoms with van der Waals surface area (Å²) < 4.78 is 5.44. The van der Waals surface area contributed by atoms with Crippen molar-refractivity contribution in [3.05, 3.63) is 28.8 Å². The first-order chi connectivity index (χ1) is 10.1. The number of carbonyl (C=O) groups is 2. The summed E-state index contributed by atoms with van der Waals surface area (Å²) >= 11 is 5.93. The molecule has 0 radical (unpaired) electrons. The van der Waals surface area contributed by atoms with Crippen LogP contribution in [0.15, 0.2) is 18.2 Å². The number of halogens is 1. The highest BCUT2D eigenvalue weighted by Gasteiger charge is 2.27. The molecule has 1 aliphatic heterocycles. The van der Waals surface area contributed by atoms with E-state index in [0.717, 1.165) is 18.4 Å². The number of amides is 2. The van der Waals surface area contributed by atoms with Crippen LogP contribution in [-0.4, -0.2) is 31.5 Å². The second-order valence-corrected chi connectivity index (χ2v) is 5.21. The Kier molecular flexibility index (Phi) is 5.41. The molecule has 0 spiro atoms.